The molecule has 47 heavy (non-hydrogen) atoms. The first-order valence-corrected chi connectivity index (χ1v) is 15.6. The number of aryl methyl sites for hydroxylation is 2. The van der Waals surface area contributed by atoms with E-state index in [0.717, 1.165) is 22.3 Å². The van der Waals surface area contributed by atoms with Crippen LogP contribution in [0.25, 0.3) is 11.4 Å². The third-order valence-corrected chi connectivity index (χ3v) is 7.82. The van der Waals surface area contributed by atoms with E-state index in [1.54, 1.807) is 45.7 Å². The first-order valence-electron chi connectivity index (χ1n) is 15.6. The quantitative estimate of drug-likeness (QED) is 0.316. The maximum atomic E-state index is 13.8. The summed E-state index contributed by atoms with van der Waals surface area (Å²) in [5, 5.41) is 19.9. The number of aromatic nitrogens is 2. The van der Waals surface area contributed by atoms with Gasteiger partial charge in [0.25, 0.3) is 5.91 Å². The number of carbonyl (C=O) groups excluding carboxylic acids is 3. The van der Waals surface area contributed by atoms with Crippen molar-refractivity contribution in [2.24, 2.45) is 0 Å². The van der Waals surface area contributed by atoms with Crippen LogP contribution >= 0.6 is 0 Å². The molecule has 4 rings (SSSR count). The topological polar surface area (TPSA) is 148 Å². The molecule has 1 aliphatic heterocycles. The Morgan fingerprint density at radius 3 is 2.43 bits per heavy atom. The predicted molar refractivity (Wildman–Crippen MR) is 176 cm³/mol. The van der Waals surface area contributed by atoms with E-state index in [9.17, 15) is 19.6 Å². The Morgan fingerprint density at radius 1 is 1.06 bits per heavy atom. The molecule has 0 atom stereocenters. The number of fused-ring (bicyclic) bond motifs is 1. The highest BCUT2D eigenvalue weighted by molar-refractivity contribution is 5.87. The van der Waals surface area contributed by atoms with Crippen LogP contribution in [0, 0.1) is 25.2 Å². The number of hydrazine groups is 1. The fourth-order valence-electron chi connectivity index (χ4n) is 5.13. The number of nitriles is 1. The maximum absolute atomic E-state index is 13.8. The van der Waals surface area contributed by atoms with Crippen LogP contribution in [0.3, 0.4) is 0 Å². The number of carbonyl (C=O) groups is 3. The summed E-state index contributed by atoms with van der Waals surface area (Å²) < 4.78 is 10.7. The number of nitrogens with one attached hydrogen (secondary N) is 1. The molecule has 0 fully saturated rings. The Bertz CT molecular complexity index is 1650. The summed E-state index contributed by atoms with van der Waals surface area (Å²) in [6.45, 7) is 13.8. The van der Waals surface area contributed by atoms with E-state index in [-0.39, 0.29) is 44.0 Å². The predicted octanol–water partition coefficient (Wildman–Crippen LogP) is 4.50. The van der Waals surface area contributed by atoms with Crippen molar-refractivity contribution in [3.63, 3.8) is 0 Å². The van der Waals surface area contributed by atoms with E-state index >= 15 is 0 Å². The molecule has 13 heteroatoms. The van der Waals surface area contributed by atoms with Crippen LogP contribution in [-0.2, 0) is 27.4 Å². The van der Waals surface area contributed by atoms with Gasteiger partial charge in [-0.2, -0.15) is 10.2 Å². The third-order valence-electron chi connectivity index (χ3n) is 7.82. The number of amides is 3. The standard InChI is InChI=1S/C34H44N8O5/c1-22(2)42(33(45)46-34(5,6)7)14-13-40(21-31(44)39(8)41-19-27-12-10-25(17-35)15-28(27)20-41)30(43)18-36-29-16-26(11-9-23(29)3)32-37-24(4)47-38-32/h9-12,15-16,22,36H,13-14,18-21H2,1-8H3. The van der Waals surface area contributed by atoms with Crippen molar-refractivity contribution < 1.29 is 23.6 Å². The van der Waals surface area contributed by atoms with Gasteiger partial charge in [-0.1, -0.05) is 23.4 Å². The largest absolute Gasteiger partial charge is 0.444 e. The maximum Gasteiger partial charge on any atom is 0.410 e. The lowest BCUT2D eigenvalue weighted by atomic mass is 10.1. The van der Waals surface area contributed by atoms with Crippen LogP contribution in [0.1, 0.15) is 62.8 Å². The number of hydrogen-bond donors (Lipinski definition) is 1. The van der Waals surface area contributed by atoms with Crippen LogP contribution in [0.4, 0.5) is 10.5 Å². The zero-order chi connectivity index (χ0) is 34.5. The van der Waals surface area contributed by atoms with Gasteiger partial charge < -0.3 is 24.4 Å². The molecule has 2 heterocycles. The van der Waals surface area contributed by atoms with E-state index in [0.29, 0.717) is 36.1 Å². The molecule has 0 saturated heterocycles. The number of benzene rings is 2. The lowest BCUT2D eigenvalue weighted by molar-refractivity contribution is -0.151. The molecule has 3 amide bonds. The Morgan fingerprint density at radius 2 is 1.79 bits per heavy atom. The van der Waals surface area contributed by atoms with Crippen LogP contribution in [0.15, 0.2) is 40.9 Å². The van der Waals surface area contributed by atoms with Gasteiger partial charge in [-0.15, -0.1) is 0 Å². The van der Waals surface area contributed by atoms with Gasteiger partial charge in [-0.05, 0) is 76.4 Å². The fourth-order valence-corrected chi connectivity index (χ4v) is 5.13. The van der Waals surface area contributed by atoms with Gasteiger partial charge in [-0.3, -0.25) is 14.6 Å². The van der Waals surface area contributed by atoms with Gasteiger partial charge in [0, 0.05) is 57.4 Å². The molecule has 1 aliphatic rings. The van der Waals surface area contributed by atoms with Crippen LogP contribution in [0.2, 0.25) is 0 Å². The second kappa shape index (κ2) is 14.6. The molecular weight excluding hydrogens is 600 g/mol. The van der Waals surface area contributed by atoms with Crippen molar-refractivity contribution in [3.05, 3.63) is 64.5 Å². The molecule has 0 saturated carbocycles. The first-order chi connectivity index (χ1) is 22.1. The van der Waals surface area contributed by atoms with Crippen molar-refractivity contribution in [2.75, 3.05) is 38.5 Å². The van der Waals surface area contributed by atoms with Crippen molar-refractivity contribution >= 4 is 23.6 Å². The van der Waals surface area contributed by atoms with Crippen LogP contribution < -0.4 is 5.32 Å². The Kier molecular flexibility index (Phi) is 10.9. The smallest absolute Gasteiger partial charge is 0.410 e. The van der Waals surface area contributed by atoms with Crippen molar-refractivity contribution in [1.29, 1.82) is 5.26 Å². The zero-order valence-corrected chi connectivity index (χ0v) is 28.5. The van der Waals surface area contributed by atoms with Crippen molar-refractivity contribution in [2.45, 2.75) is 73.2 Å². The minimum atomic E-state index is -0.684. The first kappa shape index (κ1) is 34.9. The Hall–Kier alpha value is -4.96. The van der Waals surface area contributed by atoms with Gasteiger partial charge in [0.2, 0.25) is 17.6 Å². The van der Waals surface area contributed by atoms with Crippen LogP contribution in [0.5, 0.6) is 0 Å². The minimum absolute atomic E-state index is 0.0905. The van der Waals surface area contributed by atoms with Crippen molar-refractivity contribution in [3.8, 4) is 17.5 Å². The second-order valence-electron chi connectivity index (χ2n) is 12.9. The highest BCUT2D eigenvalue weighted by Crippen LogP contribution is 2.26. The number of hydrogen-bond acceptors (Lipinski definition) is 10. The Balaban J connectivity index is 1.49. The second-order valence-corrected chi connectivity index (χ2v) is 12.9. The highest BCUT2D eigenvalue weighted by atomic mass is 16.6. The third kappa shape index (κ3) is 9.07. The van der Waals surface area contributed by atoms with Crippen molar-refractivity contribution in [1.82, 2.24) is 30.0 Å². The molecule has 0 unspecified atom stereocenters. The molecule has 0 bridgehead atoms. The van der Waals surface area contributed by atoms with E-state index in [1.807, 2.05) is 56.1 Å². The Labute approximate surface area is 276 Å². The molecular formula is C34H44N8O5. The lowest BCUT2D eigenvalue weighted by Crippen LogP contribution is -2.51. The molecule has 3 aromatic rings. The summed E-state index contributed by atoms with van der Waals surface area (Å²) in [6.07, 6.45) is -0.489. The van der Waals surface area contributed by atoms with E-state index in [2.05, 4.69) is 21.5 Å². The normalized spacial score (nSPS) is 12.8. The summed E-state index contributed by atoms with van der Waals surface area (Å²) in [7, 11) is 1.68. The number of rotatable bonds is 11. The molecule has 1 N–H and O–H groups in total. The van der Waals surface area contributed by atoms with Gasteiger partial charge in [-0.25, -0.2) is 9.80 Å². The van der Waals surface area contributed by atoms with Gasteiger partial charge in [0.05, 0.1) is 18.2 Å². The number of ether oxygens (including phenoxy) is 1. The van der Waals surface area contributed by atoms with Gasteiger partial charge in [0.1, 0.15) is 12.1 Å². The molecule has 1 aromatic heterocycles. The molecule has 2 aromatic carbocycles. The summed E-state index contributed by atoms with van der Waals surface area (Å²) in [5.41, 5.74) is 4.26. The minimum Gasteiger partial charge on any atom is -0.444 e. The van der Waals surface area contributed by atoms with Gasteiger partial charge in [0.15, 0.2) is 0 Å². The van der Waals surface area contributed by atoms with E-state index in [4.69, 9.17) is 9.26 Å². The van der Waals surface area contributed by atoms with Gasteiger partial charge >= 0.3 is 6.09 Å². The highest BCUT2D eigenvalue weighted by Gasteiger charge is 2.29. The molecule has 13 nitrogen and oxygen atoms in total. The summed E-state index contributed by atoms with van der Waals surface area (Å²) in [5.74, 6) is 0.284. The monoisotopic (exact) mass is 644 g/mol. The average Bonchev–Trinajstić information content (AvgIpc) is 3.64. The fraction of sp³-hybridized carbons (Fsp3) is 0.471. The zero-order valence-electron chi connectivity index (χ0n) is 28.5. The lowest BCUT2D eigenvalue weighted by Gasteiger charge is -2.33. The van der Waals surface area contributed by atoms with E-state index in [1.165, 1.54) is 9.91 Å². The number of anilines is 1. The molecule has 0 radical (unpaired) electrons. The number of likely N-dealkylation sites (N-methyl/N-ethyl adjacent to an activating group) is 1. The SMILES string of the molecule is Cc1nc(-c2ccc(C)c(NCC(=O)N(CCN(C(=O)OC(C)(C)C)C(C)C)CC(=O)N(C)N3Cc4ccc(C#N)cc4C3)c2)no1. The summed E-state index contributed by atoms with van der Waals surface area (Å²) >= 11 is 0. The molecule has 250 valence electrons. The molecule has 0 spiro atoms. The number of nitrogens with zero attached hydrogens (tertiary/aromatic N) is 7. The molecule has 0 aliphatic carbocycles. The summed E-state index contributed by atoms with van der Waals surface area (Å²) in [6, 6.07) is 13.1. The summed E-state index contributed by atoms with van der Waals surface area (Å²) in [4.78, 5) is 47.7. The van der Waals surface area contributed by atoms with E-state index < -0.39 is 11.7 Å². The average molecular weight is 645 g/mol. The van der Waals surface area contributed by atoms with Crippen LogP contribution in [-0.4, -0.2) is 92.7 Å².